The average molecular weight is 218 g/mol. The number of benzene rings is 1. The predicted octanol–water partition coefficient (Wildman–Crippen LogP) is 1.88. The Bertz CT molecular complexity index is 328. The van der Waals surface area contributed by atoms with Crippen LogP contribution < -0.4 is 4.74 Å². The van der Waals surface area contributed by atoms with Crippen molar-refractivity contribution in [1.82, 2.24) is 5.06 Å². The van der Waals surface area contributed by atoms with E-state index >= 15 is 0 Å². The van der Waals surface area contributed by atoms with Crippen molar-refractivity contribution in [1.29, 1.82) is 0 Å². The first-order valence-electron chi connectivity index (χ1n) is 4.00. The summed E-state index contributed by atoms with van der Waals surface area (Å²) in [4.78, 5) is 0. The summed E-state index contributed by atoms with van der Waals surface area (Å²) < 4.78 is 4.92. The molecule has 4 nitrogen and oxygen atoms in total. The Kier molecular flexibility index (Phi) is 3.57. The van der Waals surface area contributed by atoms with E-state index in [0.29, 0.717) is 11.3 Å². The average Bonchev–Trinajstić information content (AvgIpc) is 2.13. The first kappa shape index (κ1) is 11.1. The third-order valence-corrected chi connectivity index (χ3v) is 2.15. The second kappa shape index (κ2) is 4.50. The predicted molar refractivity (Wildman–Crippen MR) is 52.9 cm³/mol. The molecule has 5 heteroatoms. The number of ether oxygens (including phenoxy) is 1. The number of aromatic hydroxyl groups is 1. The van der Waals surface area contributed by atoms with Gasteiger partial charge in [0.15, 0.2) is 0 Å². The molecular formula is C9H12ClNO3. The maximum Gasteiger partial charge on any atom is 0.142 e. The highest BCUT2D eigenvalue weighted by Gasteiger charge is 2.11. The largest absolute Gasteiger partial charge is 0.506 e. The number of hydrogen-bond donors (Lipinski definition) is 2. The van der Waals surface area contributed by atoms with Crippen LogP contribution in [0.15, 0.2) is 12.1 Å². The molecule has 0 saturated carbocycles. The van der Waals surface area contributed by atoms with Gasteiger partial charge in [-0.05, 0) is 6.07 Å². The minimum Gasteiger partial charge on any atom is -0.506 e. The van der Waals surface area contributed by atoms with E-state index in [9.17, 15) is 5.11 Å². The molecule has 0 heterocycles. The Balaban J connectivity index is 3.04. The molecule has 1 rings (SSSR count). The normalized spacial score (nSPS) is 10.6. The lowest BCUT2D eigenvalue weighted by Gasteiger charge is -2.12. The number of phenols is 1. The van der Waals surface area contributed by atoms with Crippen LogP contribution in [0.2, 0.25) is 5.02 Å². The van der Waals surface area contributed by atoms with Gasteiger partial charge in [0, 0.05) is 12.6 Å². The number of methoxy groups -OCH3 is 1. The van der Waals surface area contributed by atoms with E-state index in [1.807, 2.05) is 0 Å². The Morgan fingerprint density at radius 2 is 2.14 bits per heavy atom. The fraction of sp³-hybridized carbons (Fsp3) is 0.333. The lowest BCUT2D eigenvalue weighted by Crippen LogP contribution is -2.11. The van der Waals surface area contributed by atoms with Gasteiger partial charge in [0.1, 0.15) is 16.5 Å². The lowest BCUT2D eigenvalue weighted by molar-refractivity contribution is -0.0735. The van der Waals surface area contributed by atoms with Gasteiger partial charge < -0.3 is 15.1 Å². The summed E-state index contributed by atoms with van der Waals surface area (Å²) in [7, 11) is 2.95. The van der Waals surface area contributed by atoms with Crippen LogP contribution in [0, 0.1) is 0 Å². The van der Waals surface area contributed by atoms with Gasteiger partial charge in [-0.25, -0.2) is 0 Å². The molecule has 1 aromatic rings. The SMILES string of the molecule is COc1ccc(CN(C)O)c(O)c1Cl. The fourth-order valence-electron chi connectivity index (χ4n) is 1.12. The molecule has 0 saturated heterocycles. The summed E-state index contributed by atoms with van der Waals surface area (Å²) in [6.07, 6.45) is 0. The molecule has 0 spiro atoms. The number of hydroxylamine groups is 2. The van der Waals surface area contributed by atoms with Gasteiger partial charge in [-0.15, -0.1) is 0 Å². The summed E-state index contributed by atoms with van der Waals surface area (Å²) in [6.45, 7) is 0.204. The number of rotatable bonds is 3. The molecule has 0 unspecified atom stereocenters. The Morgan fingerprint density at radius 3 is 2.64 bits per heavy atom. The van der Waals surface area contributed by atoms with Crippen molar-refractivity contribution in [3.63, 3.8) is 0 Å². The molecule has 0 fully saturated rings. The van der Waals surface area contributed by atoms with E-state index < -0.39 is 0 Å². The smallest absolute Gasteiger partial charge is 0.142 e. The standard InChI is InChI=1S/C9H12ClNO3/c1-11(13)5-6-3-4-7(14-2)8(10)9(6)12/h3-4,12-13H,5H2,1-2H3. The molecule has 0 aliphatic heterocycles. The molecule has 1 aromatic carbocycles. The molecular weight excluding hydrogens is 206 g/mol. The molecule has 0 radical (unpaired) electrons. The van der Waals surface area contributed by atoms with Crippen molar-refractivity contribution in [2.75, 3.05) is 14.2 Å². The van der Waals surface area contributed by atoms with Crippen molar-refractivity contribution in [2.24, 2.45) is 0 Å². The number of hydrogen-bond acceptors (Lipinski definition) is 4. The number of phenolic OH excluding ortho intramolecular Hbond substituents is 1. The number of halogens is 1. The van der Waals surface area contributed by atoms with Gasteiger partial charge in [-0.3, -0.25) is 0 Å². The van der Waals surface area contributed by atoms with Crippen LogP contribution in [-0.2, 0) is 6.54 Å². The van der Waals surface area contributed by atoms with Crippen molar-refractivity contribution in [3.8, 4) is 11.5 Å². The van der Waals surface area contributed by atoms with Gasteiger partial charge in [0.2, 0.25) is 0 Å². The summed E-state index contributed by atoms with van der Waals surface area (Å²) in [5, 5.41) is 19.7. The molecule has 2 N–H and O–H groups in total. The lowest BCUT2D eigenvalue weighted by atomic mass is 10.2. The molecule has 78 valence electrons. The summed E-state index contributed by atoms with van der Waals surface area (Å²) in [5.74, 6) is 0.348. The van der Waals surface area contributed by atoms with Crippen LogP contribution in [-0.4, -0.2) is 29.5 Å². The highest BCUT2D eigenvalue weighted by molar-refractivity contribution is 6.33. The van der Waals surface area contributed by atoms with Crippen LogP contribution >= 0.6 is 11.6 Å². The van der Waals surface area contributed by atoms with Gasteiger partial charge in [-0.1, -0.05) is 17.7 Å². The van der Waals surface area contributed by atoms with E-state index in [1.165, 1.54) is 14.2 Å². The Labute approximate surface area is 87.2 Å². The topological polar surface area (TPSA) is 52.9 Å². The molecule has 0 bridgehead atoms. The van der Waals surface area contributed by atoms with Crippen LogP contribution in [0.3, 0.4) is 0 Å². The zero-order valence-electron chi connectivity index (χ0n) is 7.99. The summed E-state index contributed by atoms with van der Waals surface area (Å²) in [5.41, 5.74) is 0.542. The first-order valence-corrected chi connectivity index (χ1v) is 4.38. The van der Waals surface area contributed by atoms with Crippen molar-refractivity contribution in [2.45, 2.75) is 6.54 Å². The van der Waals surface area contributed by atoms with E-state index in [-0.39, 0.29) is 17.3 Å². The van der Waals surface area contributed by atoms with E-state index in [2.05, 4.69) is 0 Å². The highest BCUT2D eigenvalue weighted by atomic mass is 35.5. The van der Waals surface area contributed by atoms with E-state index in [0.717, 1.165) is 5.06 Å². The summed E-state index contributed by atoms with van der Waals surface area (Å²) >= 11 is 5.81. The van der Waals surface area contributed by atoms with Crippen molar-refractivity contribution >= 4 is 11.6 Å². The van der Waals surface area contributed by atoms with Crippen molar-refractivity contribution in [3.05, 3.63) is 22.7 Å². The van der Waals surface area contributed by atoms with Crippen LogP contribution in [0.25, 0.3) is 0 Å². The monoisotopic (exact) mass is 217 g/mol. The third-order valence-electron chi connectivity index (χ3n) is 1.78. The molecule has 0 aliphatic rings. The molecule has 0 aliphatic carbocycles. The molecule has 0 atom stereocenters. The summed E-state index contributed by atoms with van der Waals surface area (Å²) in [6, 6.07) is 3.29. The molecule has 0 aromatic heterocycles. The Morgan fingerprint density at radius 1 is 1.50 bits per heavy atom. The van der Waals surface area contributed by atoms with Crippen molar-refractivity contribution < 1.29 is 15.1 Å². The van der Waals surface area contributed by atoms with Gasteiger partial charge in [0.25, 0.3) is 0 Å². The quantitative estimate of drug-likeness (QED) is 0.759. The Hall–Kier alpha value is -0.970. The van der Waals surface area contributed by atoms with Crippen LogP contribution in [0.1, 0.15) is 5.56 Å². The zero-order chi connectivity index (χ0) is 10.7. The van der Waals surface area contributed by atoms with Gasteiger partial charge in [0.05, 0.1) is 13.7 Å². The van der Waals surface area contributed by atoms with E-state index in [1.54, 1.807) is 12.1 Å². The maximum atomic E-state index is 9.61. The second-order valence-corrected chi connectivity index (χ2v) is 3.28. The first-order chi connectivity index (χ1) is 6.56. The van der Waals surface area contributed by atoms with E-state index in [4.69, 9.17) is 21.5 Å². The van der Waals surface area contributed by atoms with Gasteiger partial charge >= 0.3 is 0 Å². The highest BCUT2D eigenvalue weighted by Crippen LogP contribution is 2.36. The minimum atomic E-state index is -0.0630. The van der Waals surface area contributed by atoms with Crippen LogP contribution in [0.5, 0.6) is 11.5 Å². The molecule has 14 heavy (non-hydrogen) atoms. The zero-order valence-corrected chi connectivity index (χ0v) is 8.75. The molecule has 0 amide bonds. The van der Waals surface area contributed by atoms with Gasteiger partial charge in [-0.2, -0.15) is 5.06 Å². The maximum absolute atomic E-state index is 9.61. The fourth-order valence-corrected chi connectivity index (χ4v) is 1.38. The minimum absolute atomic E-state index is 0.0630. The number of nitrogens with zero attached hydrogens (tertiary/aromatic N) is 1. The van der Waals surface area contributed by atoms with Crippen LogP contribution in [0.4, 0.5) is 0 Å². The second-order valence-electron chi connectivity index (χ2n) is 2.91. The third kappa shape index (κ3) is 2.29.